The minimum Gasteiger partial charge on any atom is -0.497 e. The van der Waals surface area contributed by atoms with E-state index in [2.05, 4.69) is 17.9 Å². The second-order valence-electron chi connectivity index (χ2n) is 15.3. The van der Waals surface area contributed by atoms with Crippen molar-refractivity contribution >= 4 is 23.3 Å². The zero-order chi connectivity index (χ0) is 39.2. The highest BCUT2D eigenvalue weighted by atomic mass is 19.2. The van der Waals surface area contributed by atoms with Crippen LogP contribution in [0, 0.1) is 29.3 Å². The van der Waals surface area contributed by atoms with Crippen molar-refractivity contribution < 1.29 is 37.0 Å². The third-order valence-electron chi connectivity index (χ3n) is 11.2. The Labute approximate surface area is 325 Å². The number of esters is 1. The number of nitrogens with zero attached hydrogens (tertiary/aromatic N) is 2. The number of benzene rings is 3. The first-order valence-corrected chi connectivity index (χ1v) is 20.4. The molecule has 0 spiro atoms. The predicted octanol–water partition coefficient (Wildman–Crippen LogP) is 11.0. The number of hydrogen-bond donors (Lipinski definition) is 0. The van der Waals surface area contributed by atoms with Crippen molar-refractivity contribution in [3.63, 3.8) is 0 Å². The van der Waals surface area contributed by atoms with Crippen LogP contribution in [-0.2, 0) is 9.53 Å². The first kappa shape index (κ1) is 41.9. The molecule has 0 bridgehead atoms. The number of amides is 1. The van der Waals surface area contributed by atoms with Gasteiger partial charge in [-0.2, -0.15) is 0 Å². The lowest BCUT2D eigenvalue weighted by Gasteiger charge is -2.35. The van der Waals surface area contributed by atoms with Gasteiger partial charge in [0.05, 0.1) is 44.2 Å². The number of piperidine rings is 1. The summed E-state index contributed by atoms with van der Waals surface area (Å²) >= 11 is 0. The van der Waals surface area contributed by atoms with E-state index in [4.69, 9.17) is 14.2 Å². The van der Waals surface area contributed by atoms with Gasteiger partial charge in [-0.3, -0.25) is 9.59 Å². The van der Waals surface area contributed by atoms with Crippen molar-refractivity contribution in [2.75, 3.05) is 50.3 Å². The molecule has 1 heterocycles. The van der Waals surface area contributed by atoms with Gasteiger partial charge in [-0.05, 0) is 79.7 Å². The molecule has 0 radical (unpaired) electrons. The van der Waals surface area contributed by atoms with Gasteiger partial charge in [0.1, 0.15) is 17.3 Å². The number of halogens is 3. The molecule has 3 aromatic rings. The minimum atomic E-state index is -1.29. The standard InChI is InChI=1S/C45H59F3N2O5/c1-4-5-6-7-8-9-10-11-12-13-23-50(43-30-40(47)39(46)29-41(43)48)45(52)37-20-19-35(53-2)27-42(37)49-24-21-32(22-25-49)31-55-36-16-14-15-34(26-36)38(33-17-18-33)28-44(51)54-3/h14-16,19-20,26-27,29-30,32-33,38H,4-13,17-18,21-25,28,31H2,1-3H3. The van der Waals surface area contributed by atoms with Crippen LogP contribution >= 0.6 is 0 Å². The number of unbranched alkanes of at least 4 members (excludes halogenated alkanes) is 9. The SMILES string of the molecule is CCCCCCCCCCCCN(C(=O)c1ccc(OC)cc1N1CCC(COc2cccc(C(CC(=O)OC)C3CC3)c2)CC1)c1cc(F)c(F)cc1F. The Bertz CT molecular complexity index is 1690. The summed E-state index contributed by atoms with van der Waals surface area (Å²) < 4.78 is 60.6. The maximum atomic E-state index is 15.3. The third-order valence-corrected chi connectivity index (χ3v) is 11.2. The van der Waals surface area contributed by atoms with Crippen LogP contribution < -0.4 is 19.3 Å². The highest BCUT2D eigenvalue weighted by molar-refractivity contribution is 6.10. The van der Waals surface area contributed by atoms with Crippen LogP contribution in [0.5, 0.6) is 11.5 Å². The molecule has 55 heavy (non-hydrogen) atoms. The molecule has 1 aliphatic carbocycles. The average molecular weight is 765 g/mol. The van der Waals surface area contributed by atoms with Crippen LogP contribution in [0.3, 0.4) is 0 Å². The second kappa shape index (κ2) is 21.2. The van der Waals surface area contributed by atoms with Crippen LogP contribution in [0.4, 0.5) is 24.5 Å². The highest BCUT2D eigenvalue weighted by Crippen LogP contribution is 2.45. The first-order valence-electron chi connectivity index (χ1n) is 20.4. The summed E-state index contributed by atoms with van der Waals surface area (Å²) in [6, 6.07) is 14.5. The van der Waals surface area contributed by atoms with E-state index in [0.29, 0.717) is 61.5 Å². The Morgan fingerprint density at radius 1 is 0.782 bits per heavy atom. The first-order chi connectivity index (χ1) is 26.7. The van der Waals surface area contributed by atoms with Crippen molar-refractivity contribution in [1.82, 2.24) is 0 Å². The largest absolute Gasteiger partial charge is 0.497 e. The molecule has 0 aromatic heterocycles. The Balaban J connectivity index is 1.23. The van der Waals surface area contributed by atoms with Gasteiger partial charge >= 0.3 is 5.97 Å². The van der Waals surface area contributed by atoms with Gasteiger partial charge < -0.3 is 24.0 Å². The normalized spacial score (nSPS) is 15.1. The smallest absolute Gasteiger partial charge is 0.306 e. The predicted molar refractivity (Wildman–Crippen MR) is 212 cm³/mol. The number of carbonyl (C=O) groups is 2. The fourth-order valence-corrected chi connectivity index (χ4v) is 7.74. The fraction of sp³-hybridized carbons (Fsp3) is 0.556. The van der Waals surface area contributed by atoms with Crippen LogP contribution in [0.2, 0.25) is 0 Å². The molecular formula is C45H59F3N2O5. The maximum absolute atomic E-state index is 15.3. The van der Waals surface area contributed by atoms with Gasteiger partial charge in [-0.15, -0.1) is 0 Å². The number of ether oxygens (including phenoxy) is 3. The molecule has 1 atom stereocenters. The average Bonchev–Trinajstić information content (AvgIpc) is 4.05. The van der Waals surface area contributed by atoms with Gasteiger partial charge in [-0.1, -0.05) is 76.8 Å². The summed E-state index contributed by atoms with van der Waals surface area (Å²) in [5.74, 6) is -1.88. The molecule has 3 aromatic carbocycles. The summed E-state index contributed by atoms with van der Waals surface area (Å²) in [7, 11) is 2.99. The van der Waals surface area contributed by atoms with E-state index in [1.165, 1.54) is 44.1 Å². The van der Waals surface area contributed by atoms with Crippen LogP contribution in [0.25, 0.3) is 0 Å². The van der Waals surface area contributed by atoms with Crippen molar-refractivity contribution in [1.29, 1.82) is 0 Å². The minimum absolute atomic E-state index is 0.128. The quantitative estimate of drug-likeness (QED) is 0.0577. The lowest BCUT2D eigenvalue weighted by atomic mass is 9.91. The van der Waals surface area contributed by atoms with E-state index in [9.17, 15) is 18.4 Å². The molecule has 1 aliphatic heterocycles. The van der Waals surface area contributed by atoms with Gasteiger partial charge in [0, 0.05) is 37.8 Å². The van der Waals surface area contributed by atoms with E-state index >= 15 is 4.39 Å². The molecule has 1 unspecified atom stereocenters. The molecule has 7 nitrogen and oxygen atoms in total. The van der Waals surface area contributed by atoms with Gasteiger partial charge in [-0.25, -0.2) is 13.2 Å². The Morgan fingerprint density at radius 3 is 2.11 bits per heavy atom. The summed E-state index contributed by atoms with van der Waals surface area (Å²) in [4.78, 5) is 29.9. The van der Waals surface area contributed by atoms with Gasteiger partial charge in [0.2, 0.25) is 0 Å². The molecule has 5 rings (SSSR count). The Morgan fingerprint density at radius 2 is 1.45 bits per heavy atom. The van der Waals surface area contributed by atoms with Crippen molar-refractivity contribution in [3.8, 4) is 11.5 Å². The summed E-state index contributed by atoms with van der Waals surface area (Å²) in [5.41, 5.74) is 1.83. The van der Waals surface area contributed by atoms with Crippen LogP contribution in [-0.4, -0.2) is 52.3 Å². The van der Waals surface area contributed by atoms with E-state index in [0.717, 1.165) is 68.7 Å². The number of hydrogen-bond acceptors (Lipinski definition) is 6. The molecule has 1 amide bonds. The third kappa shape index (κ3) is 12.1. The Kier molecular flexibility index (Phi) is 16.2. The van der Waals surface area contributed by atoms with Crippen LogP contribution in [0.1, 0.15) is 125 Å². The molecule has 1 saturated heterocycles. The van der Waals surface area contributed by atoms with Crippen molar-refractivity contribution in [2.45, 2.75) is 109 Å². The van der Waals surface area contributed by atoms with E-state index in [1.54, 1.807) is 19.2 Å². The number of anilines is 2. The number of rotatable bonds is 22. The molecule has 0 N–H and O–H groups in total. The molecule has 300 valence electrons. The van der Waals surface area contributed by atoms with Crippen molar-refractivity contribution in [3.05, 3.63) is 83.2 Å². The monoisotopic (exact) mass is 764 g/mol. The zero-order valence-electron chi connectivity index (χ0n) is 32.9. The molecule has 2 aliphatic rings. The molecular weight excluding hydrogens is 705 g/mol. The van der Waals surface area contributed by atoms with E-state index in [1.807, 2.05) is 24.3 Å². The van der Waals surface area contributed by atoms with Gasteiger partial charge in [0.25, 0.3) is 5.91 Å². The van der Waals surface area contributed by atoms with Crippen molar-refractivity contribution in [2.24, 2.45) is 11.8 Å². The maximum Gasteiger partial charge on any atom is 0.306 e. The van der Waals surface area contributed by atoms with Gasteiger partial charge in [0.15, 0.2) is 11.6 Å². The summed E-state index contributed by atoms with van der Waals surface area (Å²) in [6.45, 7) is 4.23. The second-order valence-corrected chi connectivity index (χ2v) is 15.3. The topological polar surface area (TPSA) is 68.3 Å². The summed E-state index contributed by atoms with van der Waals surface area (Å²) in [5, 5.41) is 0. The van der Waals surface area contributed by atoms with E-state index < -0.39 is 23.4 Å². The zero-order valence-corrected chi connectivity index (χ0v) is 32.9. The molecule has 10 heteroatoms. The molecule has 2 fully saturated rings. The lowest BCUT2D eigenvalue weighted by molar-refractivity contribution is -0.141. The summed E-state index contributed by atoms with van der Waals surface area (Å²) in [6.07, 6.45) is 15.1. The molecule has 1 saturated carbocycles. The fourth-order valence-electron chi connectivity index (χ4n) is 7.74. The van der Waals surface area contributed by atoms with Crippen LogP contribution in [0.15, 0.2) is 54.6 Å². The van der Waals surface area contributed by atoms with E-state index in [-0.39, 0.29) is 30.0 Å². The lowest BCUT2D eigenvalue weighted by Crippen LogP contribution is -2.38. The Hall–Kier alpha value is -4.21. The number of methoxy groups -OCH3 is 2. The number of carbonyl (C=O) groups excluding carboxylic acids is 2. The highest BCUT2D eigenvalue weighted by Gasteiger charge is 2.34.